The Kier molecular flexibility index (Phi) is 3.99. The van der Waals surface area contributed by atoms with Crippen molar-refractivity contribution in [2.75, 3.05) is 5.73 Å². The number of allylic oxidation sites excluding steroid dienone is 2. The number of nitrogen functional groups attached to an aromatic ring is 1. The lowest BCUT2D eigenvalue weighted by Crippen LogP contribution is -2.18. The summed E-state index contributed by atoms with van der Waals surface area (Å²) in [5, 5.41) is 0. The molecule has 0 atom stereocenters. The van der Waals surface area contributed by atoms with Crippen molar-refractivity contribution in [1.29, 1.82) is 0 Å². The van der Waals surface area contributed by atoms with Crippen LogP contribution in [0.3, 0.4) is 0 Å². The van der Waals surface area contributed by atoms with Crippen LogP contribution in [-0.4, -0.2) is 29.3 Å². The van der Waals surface area contributed by atoms with Crippen LogP contribution in [0.25, 0.3) is 16.6 Å². The van der Waals surface area contributed by atoms with E-state index in [1.807, 2.05) is 0 Å². The fraction of sp³-hybridized carbons (Fsp3) is 0.222. The summed E-state index contributed by atoms with van der Waals surface area (Å²) in [6.07, 6.45) is 2.14. The highest BCUT2D eigenvalue weighted by atomic mass is 32.2. The molecular weight excluding hydrogens is 374 g/mol. The number of nitrogens with zero attached hydrogens (tertiary/aromatic N) is 2. The summed E-state index contributed by atoms with van der Waals surface area (Å²) < 4.78 is 52.9. The Morgan fingerprint density at radius 2 is 1.89 bits per heavy atom. The van der Waals surface area contributed by atoms with E-state index in [0.29, 0.717) is 16.8 Å². The van der Waals surface area contributed by atoms with Gasteiger partial charge in [-0.05, 0) is 24.1 Å². The minimum absolute atomic E-state index is 0.0580. The molecule has 0 saturated heterocycles. The summed E-state index contributed by atoms with van der Waals surface area (Å²) in [6.45, 7) is 0. The molecule has 27 heavy (non-hydrogen) atoms. The number of fused-ring (bicyclic) bond motifs is 1. The Morgan fingerprint density at radius 3 is 2.56 bits per heavy atom. The molecule has 3 N–H and O–H groups in total. The molecule has 0 amide bonds. The summed E-state index contributed by atoms with van der Waals surface area (Å²) in [5.41, 5.74) is 7.49. The highest BCUT2D eigenvalue weighted by Gasteiger charge is 2.33. The Hall–Kier alpha value is -2.81. The summed E-state index contributed by atoms with van der Waals surface area (Å²) >= 11 is 0. The zero-order valence-corrected chi connectivity index (χ0v) is 14.9. The van der Waals surface area contributed by atoms with Crippen LogP contribution in [0.15, 0.2) is 52.5 Å². The number of halogens is 2. The quantitative estimate of drug-likeness (QED) is 0.712. The van der Waals surface area contributed by atoms with E-state index in [2.05, 4.69) is 15.0 Å². The van der Waals surface area contributed by atoms with E-state index in [4.69, 9.17) is 5.73 Å². The van der Waals surface area contributed by atoms with Crippen molar-refractivity contribution in [3.8, 4) is 0 Å². The largest absolute Gasteiger partial charge is 0.384 e. The van der Waals surface area contributed by atoms with Crippen LogP contribution in [0, 0.1) is 0 Å². The third-order valence-electron chi connectivity index (χ3n) is 4.60. The molecule has 1 aromatic carbocycles. The standard InChI is InChI=1S/C18H16F2N4O2S/c19-18(20)8-6-11(7-9-18)13-14-15(23-10-22-13)16(17(21)24-14)27(25,26)12-4-2-1-3-5-12/h1-6,10,24H,7-9,21H2. The van der Waals surface area contributed by atoms with Crippen molar-refractivity contribution in [1.82, 2.24) is 15.0 Å². The number of nitrogens with two attached hydrogens (primary N) is 1. The topological polar surface area (TPSA) is 102 Å². The van der Waals surface area contributed by atoms with E-state index in [9.17, 15) is 17.2 Å². The predicted octanol–water partition coefficient (Wildman–Crippen LogP) is 3.58. The van der Waals surface area contributed by atoms with Gasteiger partial charge in [0.2, 0.25) is 9.84 Å². The lowest BCUT2D eigenvalue weighted by molar-refractivity contribution is -0.00604. The van der Waals surface area contributed by atoms with Gasteiger partial charge in [-0.3, -0.25) is 0 Å². The molecule has 0 radical (unpaired) electrons. The fourth-order valence-corrected chi connectivity index (χ4v) is 4.74. The van der Waals surface area contributed by atoms with Gasteiger partial charge >= 0.3 is 0 Å². The second kappa shape index (κ2) is 6.12. The van der Waals surface area contributed by atoms with E-state index in [0.717, 1.165) is 0 Å². The Balaban J connectivity index is 1.89. The van der Waals surface area contributed by atoms with Crippen molar-refractivity contribution in [2.45, 2.75) is 35.0 Å². The van der Waals surface area contributed by atoms with Crippen molar-refractivity contribution in [2.24, 2.45) is 0 Å². The molecule has 6 nitrogen and oxygen atoms in total. The van der Waals surface area contributed by atoms with Gasteiger partial charge < -0.3 is 10.7 Å². The molecule has 0 unspecified atom stereocenters. The third-order valence-corrected chi connectivity index (χ3v) is 6.44. The van der Waals surface area contributed by atoms with Crippen LogP contribution >= 0.6 is 0 Å². The first-order valence-corrected chi connectivity index (χ1v) is 9.77. The van der Waals surface area contributed by atoms with Crippen LogP contribution in [0.4, 0.5) is 14.6 Å². The van der Waals surface area contributed by atoms with Crippen molar-refractivity contribution in [3.05, 3.63) is 48.4 Å². The monoisotopic (exact) mass is 390 g/mol. The minimum atomic E-state index is -3.90. The van der Waals surface area contributed by atoms with Crippen LogP contribution in [-0.2, 0) is 9.84 Å². The maximum atomic E-state index is 13.4. The summed E-state index contributed by atoms with van der Waals surface area (Å²) in [7, 11) is -3.90. The average molecular weight is 390 g/mol. The SMILES string of the molecule is Nc1[nH]c2c(C3=CCC(F)(F)CC3)ncnc2c1S(=O)(=O)c1ccccc1. The third kappa shape index (κ3) is 2.97. The van der Waals surface area contributed by atoms with Crippen LogP contribution in [0.5, 0.6) is 0 Å². The predicted molar refractivity (Wildman–Crippen MR) is 97.0 cm³/mol. The number of anilines is 1. The summed E-state index contributed by atoms with van der Waals surface area (Å²) in [6, 6.07) is 7.89. The maximum Gasteiger partial charge on any atom is 0.251 e. The summed E-state index contributed by atoms with van der Waals surface area (Å²) in [5.74, 6) is -2.79. The molecule has 0 spiro atoms. The molecule has 0 aliphatic heterocycles. The highest BCUT2D eigenvalue weighted by molar-refractivity contribution is 7.92. The first kappa shape index (κ1) is 17.6. The molecule has 0 fully saturated rings. The molecule has 3 aromatic rings. The van der Waals surface area contributed by atoms with Gasteiger partial charge in [0.15, 0.2) is 0 Å². The number of aromatic amines is 1. The number of alkyl halides is 2. The number of aromatic nitrogens is 3. The molecule has 9 heteroatoms. The molecule has 1 aliphatic rings. The number of benzene rings is 1. The number of sulfone groups is 1. The molecule has 1 aliphatic carbocycles. The molecule has 2 aromatic heterocycles. The van der Waals surface area contributed by atoms with Gasteiger partial charge in [-0.25, -0.2) is 27.2 Å². The zero-order valence-electron chi connectivity index (χ0n) is 14.1. The summed E-state index contributed by atoms with van der Waals surface area (Å²) in [4.78, 5) is 11.1. The average Bonchev–Trinajstić information content (AvgIpc) is 2.99. The fourth-order valence-electron chi connectivity index (χ4n) is 3.24. The van der Waals surface area contributed by atoms with Gasteiger partial charge in [-0.15, -0.1) is 0 Å². The lowest BCUT2D eigenvalue weighted by atomic mass is 9.94. The second-order valence-electron chi connectivity index (χ2n) is 6.42. The Bertz CT molecular complexity index is 1150. The number of rotatable bonds is 3. The zero-order chi connectivity index (χ0) is 19.2. The van der Waals surface area contributed by atoms with Crippen molar-refractivity contribution >= 4 is 32.3 Å². The van der Waals surface area contributed by atoms with Gasteiger partial charge in [0, 0.05) is 12.8 Å². The van der Waals surface area contributed by atoms with Gasteiger partial charge in [-0.1, -0.05) is 24.3 Å². The minimum Gasteiger partial charge on any atom is -0.384 e. The van der Waals surface area contributed by atoms with E-state index in [1.165, 1.54) is 24.5 Å². The maximum absolute atomic E-state index is 13.4. The number of hydrogen-bond donors (Lipinski definition) is 2. The van der Waals surface area contributed by atoms with Crippen molar-refractivity contribution < 1.29 is 17.2 Å². The first-order chi connectivity index (χ1) is 12.8. The van der Waals surface area contributed by atoms with Gasteiger partial charge in [0.25, 0.3) is 5.92 Å². The normalized spacial score (nSPS) is 17.0. The van der Waals surface area contributed by atoms with Crippen LogP contribution < -0.4 is 5.73 Å². The highest BCUT2D eigenvalue weighted by Crippen LogP contribution is 2.39. The van der Waals surface area contributed by atoms with Crippen molar-refractivity contribution in [3.63, 3.8) is 0 Å². The van der Waals surface area contributed by atoms with Gasteiger partial charge in [-0.2, -0.15) is 0 Å². The number of H-pyrrole nitrogens is 1. The van der Waals surface area contributed by atoms with E-state index in [1.54, 1.807) is 18.2 Å². The van der Waals surface area contributed by atoms with Crippen LogP contribution in [0.2, 0.25) is 0 Å². The Morgan fingerprint density at radius 1 is 1.15 bits per heavy atom. The first-order valence-electron chi connectivity index (χ1n) is 8.29. The number of nitrogens with one attached hydrogen (secondary N) is 1. The lowest BCUT2D eigenvalue weighted by Gasteiger charge is -2.21. The van der Waals surface area contributed by atoms with E-state index < -0.39 is 15.8 Å². The van der Waals surface area contributed by atoms with Crippen LogP contribution in [0.1, 0.15) is 25.0 Å². The van der Waals surface area contributed by atoms with E-state index >= 15 is 0 Å². The second-order valence-corrected chi connectivity index (χ2v) is 8.31. The molecule has 4 rings (SSSR count). The van der Waals surface area contributed by atoms with E-state index in [-0.39, 0.29) is 40.4 Å². The molecule has 2 heterocycles. The Labute approximate surface area is 154 Å². The molecular formula is C18H16F2N4O2S. The smallest absolute Gasteiger partial charge is 0.251 e. The van der Waals surface area contributed by atoms with Gasteiger partial charge in [0.05, 0.1) is 16.1 Å². The molecule has 140 valence electrons. The van der Waals surface area contributed by atoms with Gasteiger partial charge in [0.1, 0.15) is 22.6 Å². The molecule has 0 bridgehead atoms. The molecule has 0 saturated carbocycles. The number of hydrogen-bond acceptors (Lipinski definition) is 5.